The van der Waals surface area contributed by atoms with E-state index >= 15 is 0 Å². The summed E-state index contributed by atoms with van der Waals surface area (Å²) in [6.07, 6.45) is 2.31. The zero-order valence-corrected chi connectivity index (χ0v) is 15.6. The van der Waals surface area contributed by atoms with Crippen LogP contribution in [0.3, 0.4) is 0 Å². The van der Waals surface area contributed by atoms with Gasteiger partial charge in [0, 0.05) is 40.5 Å². The molecule has 3 aromatic carbocycles. The molecule has 0 atom stereocenters. The molecule has 27 heavy (non-hydrogen) atoms. The van der Waals surface area contributed by atoms with E-state index < -0.39 is 0 Å². The Labute approximate surface area is 159 Å². The van der Waals surface area contributed by atoms with Gasteiger partial charge in [0.1, 0.15) is 0 Å². The summed E-state index contributed by atoms with van der Waals surface area (Å²) in [4.78, 5) is 12.3. The molecule has 0 aliphatic carbocycles. The summed E-state index contributed by atoms with van der Waals surface area (Å²) in [6.45, 7) is 3.09. The fraction of sp³-hybridized carbons (Fsp3) is 0.208. The third kappa shape index (κ3) is 3.59. The summed E-state index contributed by atoms with van der Waals surface area (Å²) >= 11 is 0. The Morgan fingerprint density at radius 1 is 0.889 bits per heavy atom. The van der Waals surface area contributed by atoms with Crippen molar-refractivity contribution in [2.45, 2.75) is 32.7 Å². The van der Waals surface area contributed by atoms with Crippen molar-refractivity contribution < 1.29 is 4.79 Å². The molecule has 1 amide bonds. The van der Waals surface area contributed by atoms with Crippen LogP contribution in [0, 0.1) is 0 Å². The molecule has 3 heteroatoms. The number of hydrogen-bond donors (Lipinski definition) is 1. The van der Waals surface area contributed by atoms with Gasteiger partial charge in [-0.3, -0.25) is 4.79 Å². The Kier molecular flexibility index (Phi) is 4.93. The lowest BCUT2D eigenvalue weighted by Crippen LogP contribution is -2.11. The third-order valence-corrected chi connectivity index (χ3v) is 5.08. The molecule has 0 radical (unpaired) electrons. The second-order valence-electron chi connectivity index (χ2n) is 6.88. The fourth-order valence-corrected chi connectivity index (χ4v) is 3.79. The average Bonchev–Trinajstić information content (AvgIpc) is 3.02. The zero-order valence-electron chi connectivity index (χ0n) is 15.6. The summed E-state index contributed by atoms with van der Waals surface area (Å²) in [6, 6.07) is 25.0. The molecule has 0 unspecified atom stereocenters. The number of carbonyl (C=O) groups excluding carboxylic acids is 1. The van der Waals surface area contributed by atoms with Gasteiger partial charge in [-0.25, -0.2) is 0 Å². The summed E-state index contributed by atoms with van der Waals surface area (Å²) in [7, 11) is 0. The molecule has 0 fully saturated rings. The molecular formula is C24H24N2O. The van der Waals surface area contributed by atoms with E-state index in [9.17, 15) is 4.79 Å². The van der Waals surface area contributed by atoms with Gasteiger partial charge in [0.2, 0.25) is 5.91 Å². The lowest BCUT2D eigenvalue weighted by atomic mass is 10.1. The Morgan fingerprint density at radius 3 is 2.44 bits per heavy atom. The number of nitrogens with one attached hydrogen (secondary N) is 1. The first-order valence-electron chi connectivity index (χ1n) is 9.61. The SMILES string of the molecule is CCn1c2ccccc2c2cc(NC(=O)CCCc3ccccc3)ccc21. The molecule has 0 saturated heterocycles. The predicted molar refractivity (Wildman–Crippen MR) is 113 cm³/mol. The summed E-state index contributed by atoms with van der Waals surface area (Å²) in [5.74, 6) is 0.0736. The molecule has 4 aromatic rings. The lowest BCUT2D eigenvalue weighted by molar-refractivity contribution is -0.116. The first kappa shape index (κ1) is 17.3. The van der Waals surface area contributed by atoms with Crippen molar-refractivity contribution in [2.24, 2.45) is 0 Å². The minimum atomic E-state index is 0.0736. The van der Waals surface area contributed by atoms with Crippen LogP contribution >= 0.6 is 0 Å². The van der Waals surface area contributed by atoms with Crippen LogP contribution in [-0.4, -0.2) is 10.5 Å². The molecule has 136 valence electrons. The van der Waals surface area contributed by atoms with Gasteiger partial charge in [0.15, 0.2) is 0 Å². The molecule has 0 aliphatic heterocycles. The van der Waals surface area contributed by atoms with E-state index in [1.807, 2.05) is 24.3 Å². The van der Waals surface area contributed by atoms with Crippen molar-refractivity contribution in [3.05, 3.63) is 78.4 Å². The first-order chi connectivity index (χ1) is 13.3. The fourth-order valence-electron chi connectivity index (χ4n) is 3.79. The smallest absolute Gasteiger partial charge is 0.224 e. The largest absolute Gasteiger partial charge is 0.341 e. The van der Waals surface area contributed by atoms with Crippen LogP contribution in [0.25, 0.3) is 21.8 Å². The summed E-state index contributed by atoms with van der Waals surface area (Å²) in [5.41, 5.74) is 4.59. The Bertz CT molecular complexity index is 1080. The van der Waals surface area contributed by atoms with Crippen LogP contribution in [0.15, 0.2) is 72.8 Å². The summed E-state index contributed by atoms with van der Waals surface area (Å²) < 4.78 is 2.32. The van der Waals surface area contributed by atoms with Crippen LogP contribution in [-0.2, 0) is 17.8 Å². The van der Waals surface area contributed by atoms with Gasteiger partial charge in [-0.2, -0.15) is 0 Å². The van der Waals surface area contributed by atoms with Crippen LogP contribution in [0.5, 0.6) is 0 Å². The Morgan fingerprint density at radius 2 is 1.63 bits per heavy atom. The maximum Gasteiger partial charge on any atom is 0.224 e. The number of benzene rings is 3. The minimum absolute atomic E-state index is 0.0736. The van der Waals surface area contributed by atoms with Crippen LogP contribution in [0.4, 0.5) is 5.69 Å². The number of anilines is 1. The van der Waals surface area contributed by atoms with E-state index in [1.165, 1.54) is 27.4 Å². The number of amides is 1. The van der Waals surface area contributed by atoms with Gasteiger partial charge in [0.25, 0.3) is 0 Å². The summed E-state index contributed by atoms with van der Waals surface area (Å²) in [5, 5.41) is 5.48. The van der Waals surface area contributed by atoms with Gasteiger partial charge in [0.05, 0.1) is 0 Å². The van der Waals surface area contributed by atoms with Crippen molar-refractivity contribution in [1.29, 1.82) is 0 Å². The lowest BCUT2D eigenvalue weighted by Gasteiger charge is -2.07. The Balaban J connectivity index is 1.49. The average molecular weight is 356 g/mol. The number of carbonyl (C=O) groups is 1. The number of nitrogens with zero attached hydrogens (tertiary/aromatic N) is 1. The highest BCUT2D eigenvalue weighted by atomic mass is 16.1. The number of hydrogen-bond acceptors (Lipinski definition) is 1. The van der Waals surface area contributed by atoms with Crippen LogP contribution in [0.2, 0.25) is 0 Å². The van der Waals surface area contributed by atoms with Gasteiger partial charge >= 0.3 is 0 Å². The Hall–Kier alpha value is -3.07. The molecule has 4 rings (SSSR count). The quantitative estimate of drug-likeness (QED) is 0.467. The van der Waals surface area contributed by atoms with E-state index in [4.69, 9.17) is 0 Å². The minimum Gasteiger partial charge on any atom is -0.341 e. The normalized spacial score (nSPS) is 11.1. The van der Waals surface area contributed by atoms with Crippen molar-refractivity contribution in [1.82, 2.24) is 4.57 Å². The van der Waals surface area contributed by atoms with E-state index in [1.54, 1.807) is 0 Å². The maximum atomic E-state index is 12.3. The number of aryl methyl sites for hydroxylation is 2. The topological polar surface area (TPSA) is 34.0 Å². The van der Waals surface area contributed by atoms with Crippen molar-refractivity contribution in [2.75, 3.05) is 5.32 Å². The number of aromatic nitrogens is 1. The molecule has 1 aromatic heterocycles. The second kappa shape index (κ2) is 7.67. The van der Waals surface area contributed by atoms with E-state index in [0.29, 0.717) is 6.42 Å². The zero-order chi connectivity index (χ0) is 18.6. The van der Waals surface area contributed by atoms with E-state index in [2.05, 4.69) is 65.3 Å². The number of para-hydroxylation sites is 1. The highest BCUT2D eigenvalue weighted by molar-refractivity contribution is 6.09. The van der Waals surface area contributed by atoms with Gasteiger partial charge in [-0.15, -0.1) is 0 Å². The van der Waals surface area contributed by atoms with Gasteiger partial charge in [-0.1, -0.05) is 48.5 Å². The predicted octanol–water partition coefficient (Wildman–Crippen LogP) is 5.78. The molecule has 0 spiro atoms. The molecule has 1 heterocycles. The maximum absolute atomic E-state index is 12.3. The first-order valence-corrected chi connectivity index (χ1v) is 9.61. The van der Waals surface area contributed by atoms with Crippen molar-refractivity contribution in [3.63, 3.8) is 0 Å². The monoisotopic (exact) mass is 356 g/mol. The molecule has 0 aliphatic rings. The van der Waals surface area contributed by atoms with Crippen LogP contribution < -0.4 is 5.32 Å². The highest BCUT2D eigenvalue weighted by Gasteiger charge is 2.10. The standard InChI is InChI=1S/C24H24N2O/c1-2-26-22-13-7-6-12-20(22)21-17-19(15-16-23(21)26)25-24(27)14-8-11-18-9-4-3-5-10-18/h3-7,9-10,12-13,15-17H,2,8,11,14H2,1H3,(H,25,27). The van der Waals surface area contributed by atoms with E-state index in [0.717, 1.165) is 25.1 Å². The number of rotatable bonds is 6. The molecular weight excluding hydrogens is 332 g/mol. The highest BCUT2D eigenvalue weighted by Crippen LogP contribution is 2.31. The number of fused-ring (bicyclic) bond motifs is 3. The van der Waals surface area contributed by atoms with Gasteiger partial charge in [-0.05, 0) is 49.6 Å². The van der Waals surface area contributed by atoms with Gasteiger partial charge < -0.3 is 9.88 Å². The van der Waals surface area contributed by atoms with Crippen molar-refractivity contribution in [3.8, 4) is 0 Å². The molecule has 0 bridgehead atoms. The van der Waals surface area contributed by atoms with Crippen molar-refractivity contribution >= 4 is 33.4 Å². The van der Waals surface area contributed by atoms with E-state index in [-0.39, 0.29) is 5.91 Å². The molecule has 0 saturated carbocycles. The second-order valence-corrected chi connectivity index (χ2v) is 6.88. The molecule has 3 nitrogen and oxygen atoms in total. The third-order valence-electron chi connectivity index (χ3n) is 5.08. The van der Waals surface area contributed by atoms with Crippen LogP contribution in [0.1, 0.15) is 25.3 Å². The molecule has 1 N–H and O–H groups in total.